The van der Waals surface area contributed by atoms with Crippen LogP contribution in [-0.2, 0) is 11.2 Å². The highest BCUT2D eigenvalue weighted by molar-refractivity contribution is 6.33. The van der Waals surface area contributed by atoms with E-state index in [4.69, 9.17) is 16.7 Å². The van der Waals surface area contributed by atoms with Gasteiger partial charge in [-0.1, -0.05) is 35.9 Å². The van der Waals surface area contributed by atoms with Gasteiger partial charge in [0.25, 0.3) is 0 Å². The van der Waals surface area contributed by atoms with Crippen LogP contribution in [-0.4, -0.2) is 11.1 Å². The number of hydrogen-bond donors (Lipinski definition) is 1. The number of aryl methyl sites for hydroxylation is 1. The number of hydrogen-bond acceptors (Lipinski definition) is 1. The average molecular weight is 279 g/mol. The van der Waals surface area contributed by atoms with E-state index in [2.05, 4.69) is 0 Å². The van der Waals surface area contributed by atoms with Gasteiger partial charge in [0.1, 0.15) is 5.82 Å². The Hall–Kier alpha value is -1.87. The molecule has 2 nitrogen and oxygen atoms in total. The van der Waals surface area contributed by atoms with E-state index in [1.807, 2.05) is 0 Å². The van der Waals surface area contributed by atoms with Gasteiger partial charge in [0, 0.05) is 10.6 Å². The minimum absolute atomic E-state index is 0.0696. The molecule has 0 aliphatic rings. The van der Waals surface area contributed by atoms with Crippen molar-refractivity contribution in [3.05, 3.63) is 58.4 Å². The molecule has 98 valence electrons. The summed E-state index contributed by atoms with van der Waals surface area (Å²) in [5.41, 5.74) is 2.41. The molecule has 2 aromatic rings. The zero-order valence-electron chi connectivity index (χ0n) is 10.3. The van der Waals surface area contributed by atoms with Crippen LogP contribution in [0.1, 0.15) is 11.1 Å². The van der Waals surface area contributed by atoms with Crippen LogP contribution in [0.25, 0.3) is 11.1 Å². The maximum absolute atomic E-state index is 13.6. The van der Waals surface area contributed by atoms with Crippen LogP contribution >= 0.6 is 11.6 Å². The Bertz CT molecular complexity index is 638. The third kappa shape index (κ3) is 3.12. The molecule has 1 N–H and O–H groups in total. The molecule has 4 heteroatoms. The molecule has 0 saturated carbocycles. The average Bonchev–Trinajstić information content (AvgIpc) is 2.33. The zero-order valence-corrected chi connectivity index (χ0v) is 11.0. The molecule has 19 heavy (non-hydrogen) atoms. The van der Waals surface area contributed by atoms with Gasteiger partial charge < -0.3 is 5.11 Å². The molecule has 0 atom stereocenters. The summed E-state index contributed by atoms with van der Waals surface area (Å²) in [6, 6.07) is 9.89. The lowest BCUT2D eigenvalue weighted by atomic mass is 10.0. The molecule has 0 bridgehead atoms. The summed E-state index contributed by atoms with van der Waals surface area (Å²) in [6.45, 7) is 1.64. The highest BCUT2D eigenvalue weighted by Gasteiger charge is 2.09. The number of carbonyl (C=O) groups is 1. The van der Waals surface area contributed by atoms with Gasteiger partial charge in [0.15, 0.2) is 0 Å². The fourth-order valence-electron chi connectivity index (χ4n) is 1.89. The summed E-state index contributed by atoms with van der Waals surface area (Å²) in [7, 11) is 0. The minimum Gasteiger partial charge on any atom is -0.481 e. The predicted octanol–water partition coefficient (Wildman–Crippen LogP) is 4.08. The zero-order chi connectivity index (χ0) is 14.0. The molecular weight excluding hydrogens is 267 g/mol. The monoisotopic (exact) mass is 278 g/mol. The Labute approximate surface area is 115 Å². The smallest absolute Gasteiger partial charge is 0.307 e. The van der Waals surface area contributed by atoms with E-state index < -0.39 is 5.97 Å². The van der Waals surface area contributed by atoms with Crippen LogP contribution in [0.4, 0.5) is 4.39 Å². The van der Waals surface area contributed by atoms with Crippen LogP contribution in [0.15, 0.2) is 36.4 Å². The molecule has 0 saturated heterocycles. The third-order valence-electron chi connectivity index (χ3n) is 2.84. The van der Waals surface area contributed by atoms with Crippen LogP contribution in [0.5, 0.6) is 0 Å². The quantitative estimate of drug-likeness (QED) is 0.918. The summed E-state index contributed by atoms with van der Waals surface area (Å²) in [5, 5.41) is 9.23. The van der Waals surface area contributed by atoms with Crippen LogP contribution in [0.3, 0.4) is 0 Å². The van der Waals surface area contributed by atoms with Gasteiger partial charge in [-0.3, -0.25) is 4.79 Å². The molecule has 0 aliphatic heterocycles. The Morgan fingerprint density at radius 2 is 2.05 bits per heavy atom. The second-order valence-corrected chi connectivity index (χ2v) is 4.76. The topological polar surface area (TPSA) is 37.3 Å². The Kier molecular flexibility index (Phi) is 3.86. The van der Waals surface area contributed by atoms with Crippen molar-refractivity contribution in [2.24, 2.45) is 0 Å². The molecule has 0 heterocycles. The van der Waals surface area contributed by atoms with E-state index in [1.54, 1.807) is 37.3 Å². The maximum atomic E-state index is 13.6. The second kappa shape index (κ2) is 5.41. The van der Waals surface area contributed by atoms with Crippen molar-refractivity contribution >= 4 is 17.6 Å². The summed E-state index contributed by atoms with van der Waals surface area (Å²) >= 11 is 6.11. The standard InChI is InChI=1S/C15H12ClFO2/c1-9-5-13(16)12(8-14(9)17)11-4-2-3-10(6-11)7-15(18)19/h2-6,8H,7H2,1H3,(H,18,19). The molecule has 0 aliphatic carbocycles. The molecule has 0 aromatic heterocycles. The second-order valence-electron chi connectivity index (χ2n) is 4.35. The summed E-state index contributed by atoms with van der Waals surface area (Å²) in [6.07, 6.45) is -0.0696. The van der Waals surface area contributed by atoms with Crippen molar-refractivity contribution in [2.75, 3.05) is 0 Å². The first kappa shape index (κ1) is 13.6. The Morgan fingerprint density at radius 1 is 1.32 bits per heavy atom. The van der Waals surface area contributed by atoms with Gasteiger partial charge in [-0.2, -0.15) is 0 Å². The minimum atomic E-state index is -0.904. The molecule has 2 rings (SSSR count). The molecule has 0 spiro atoms. The van der Waals surface area contributed by atoms with E-state index in [0.717, 1.165) is 0 Å². The van der Waals surface area contributed by atoms with Gasteiger partial charge in [-0.15, -0.1) is 0 Å². The van der Waals surface area contributed by atoms with Crippen LogP contribution < -0.4 is 0 Å². The molecule has 0 fully saturated rings. The molecule has 0 radical (unpaired) electrons. The highest BCUT2D eigenvalue weighted by Crippen LogP contribution is 2.30. The molecular formula is C15H12ClFO2. The number of halogens is 2. The fraction of sp³-hybridized carbons (Fsp3) is 0.133. The van der Waals surface area contributed by atoms with Gasteiger partial charge in [0.2, 0.25) is 0 Å². The molecule has 0 unspecified atom stereocenters. The number of carboxylic acids is 1. The largest absolute Gasteiger partial charge is 0.481 e. The van der Waals surface area contributed by atoms with E-state index >= 15 is 0 Å². The summed E-state index contributed by atoms with van der Waals surface area (Å²) in [5.74, 6) is -1.23. The first-order valence-corrected chi connectivity index (χ1v) is 6.12. The SMILES string of the molecule is Cc1cc(Cl)c(-c2cccc(CC(=O)O)c2)cc1F. The third-order valence-corrected chi connectivity index (χ3v) is 3.15. The Morgan fingerprint density at radius 3 is 2.74 bits per heavy atom. The Balaban J connectivity index is 2.47. The number of benzene rings is 2. The number of aliphatic carboxylic acids is 1. The highest BCUT2D eigenvalue weighted by atomic mass is 35.5. The van der Waals surface area contributed by atoms with E-state index in [-0.39, 0.29) is 12.2 Å². The predicted molar refractivity (Wildman–Crippen MR) is 72.9 cm³/mol. The van der Waals surface area contributed by atoms with Crippen molar-refractivity contribution < 1.29 is 14.3 Å². The lowest BCUT2D eigenvalue weighted by molar-refractivity contribution is -0.136. The number of rotatable bonds is 3. The van der Waals surface area contributed by atoms with E-state index in [1.165, 1.54) is 6.07 Å². The molecule has 2 aromatic carbocycles. The summed E-state index contributed by atoms with van der Waals surface area (Å²) < 4.78 is 13.6. The fourth-order valence-corrected chi connectivity index (χ4v) is 2.22. The van der Waals surface area contributed by atoms with Gasteiger partial charge in [-0.25, -0.2) is 4.39 Å². The lowest BCUT2D eigenvalue weighted by Gasteiger charge is -2.08. The summed E-state index contributed by atoms with van der Waals surface area (Å²) in [4.78, 5) is 10.7. The van der Waals surface area contributed by atoms with Crippen LogP contribution in [0, 0.1) is 12.7 Å². The first-order valence-electron chi connectivity index (χ1n) is 5.74. The van der Waals surface area contributed by atoms with Crippen molar-refractivity contribution in [1.82, 2.24) is 0 Å². The van der Waals surface area contributed by atoms with Crippen molar-refractivity contribution in [2.45, 2.75) is 13.3 Å². The van der Waals surface area contributed by atoms with Crippen molar-refractivity contribution in [3.8, 4) is 11.1 Å². The van der Waals surface area contributed by atoms with Crippen molar-refractivity contribution in [1.29, 1.82) is 0 Å². The first-order chi connectivity index (χ1) is 8.97. The number of carboxylic acid groups (broad SMARTS) is 1. The van der Waals surface area contributed by atoms with Crippen molar-refractivity contribution in [3.63, 3.8) is 0 Å². The lowest BCUT2D eigenvalue weighted by Crippen LogP contribution is -1.99. The van der Waals surface area contributed by atoms with Crippen LogP contribution in [0.2, 0.25) is 5.02 Å². The van der Waals surface area contributed by atoms with Gasteiger partial charge in [-0.05, 0) is 35.7 Å². The normalized spacial score (nSPS) is 10.5. The molecule has 0 amide bonds. The van der Waals surface area contributed by atoms with Gasteiger partial charge >= 0.3 is 5.97 Å². The van der Waals surface area contributed by atoms with Gasteiger partial charge in [0.05, 0.1) is 6.42 Å². The van der Waals surface area contributed by atoms with E-state index in [9.17, 15) is 9.18 Å². The maximum Gasteiger partial charge on any atom is 0.307 e. The van der Waals surface area contributed by atoms with E-state index in [0.29, 0.717) is 27.3 Å².